The van der Waals surface area contributed by atoms with Crippen LogP contribution in [0.1, 0.15) is 26.3 Å². The summed E-state index contributed by atoms with van der Waals surface area (Å²) >= 11 is 0. The summed E-state index contributed by atoms with van der Waals surface area (Å²) in [7, 11) is 0. The van der Waals surface area contributed by atoms with Gasteiger partial charge in [0.05, 0.1) is 5.56 Å². The summed E-state index contributed by atoms with van der Waals surface area (Å²) in [6.45, 7) is 9.05. The van der Waals surface area contributed by atoms with Gasteiger partial charge in [-0.05, 0) is 39.0 Å². The van der Waals surface area contributed by atoms with Gasteiger partial charge in [0.1, 0.15) is 11.7 Å². The standard InChI is InChI=1S/C14H16F3N3/c1-9(2)7-13(19-10(3)4)20-12-8-11(5-6-18-12)14(15,16)17/h5-8H,3H2,1-2,4H3,(H,18,19,20). The second kappa shape index (κ2) is 6.36. The predicted octanol–water partition coefficient (Wildman–Crippen LogP) is 4.41. The van der Waals surface area contributed by atoms with Crippen LogP contribution in [0.3, 0.4) is 0 Å². The van der Waals surface area contributed by atoms with Crippen molar-refractivity contribution in [3.05, 3.63) is 47.8 Å². The molecule has 0 aliphatic carbocycles. The lowest BCUT2D eigenvalue weighted by molar-refractivity contribution is -0.137. The van der Waals surface area contributed by atoms with Gasteiger partial charge >= 0.3 is 6.18 Å². The molecule has 0 radical (unpaired) electrons. The first-order valence-corrected chi connectivity index (χ1v) is 5.88. The van der Waals surface area contributed by atoms with E-state index in [-0.39, 0.29) is 5.82 Å². The van der Waals surface area contributed by atoms with Crippen molar-refractivity contribution in [1.82, 2.24) is 4.98 Å². The van der Waals surface area contributed by atoms with Crippen molar-refractivity contribution in [3.63, 3.8) is 0 Å². The van der Waals surface area contributed by atoms with Gasteiger partial charge in [0.25, 0.3) is 0 Å². The second-order valence-corrected chi connectivity index (χ2v) is 4.51. The summed E-state index contributed by atoms with van der Waals surface area (Å²) in [6.07, 6.45) is -1.59. The van der Waals surface area contributed by atoms with Crippen LogP contribution in [0.15, 0.2) is 47.2 Å². The van der Waals surface area contributed by atoms with Crippen molar-refractivity contribution in [2.45, 2.75) is 26.9 Å². The van der Waals surface area contributed by atoms with Gasteiger partial charge in [-0.25, -0.2) is 9.98 Å². The zero-order chi connectivity index (χ0) is 15.3. The SMILES string of the molecule is C=C(C)/N=C(\C=C(C)C)Nc1cc(C(F)(F)F)ccn1. The fourth-order valence-corrected chi connectivity index (χ4v) is 1.38. The zero-order valence-corrected chi connectivity index (χ0v) is 11.5. The Morgan fingerprint density at radius 3 is 2.50 bits per heavy atom. The van der Waals surface area contributed by atoms with E-state index in [1.54, 1.807) is 13.0 Å². The number of hydrogen-bond donors (Lipinski definition) is 1. The monoisotopic (exact) mass is 283 g/mol. The fraction of sp³-hybridized carbons (Fsp3) is 0.286. The highest BCUT2D eigenvalue weighted by atomic mass is 19.4. The lowest BCUT2D eigenvalue weighted by Gasteiger charge is -2.10. The average molecular weight is 283 g/mol. The van der Waals surface area contributed by atoms with E-state index in [1.165, 1.54) is 0 Å². The molecule has 0 unspecified atom stereocenters. The van der Waals surface area contributed by atoms with Crippen LogP contribution in [-0.4, -0.2) is 10.8 Å². The summed E-state index contributed by atoms with van der Waals surface area (Å²) in [5, 5.41) is 2.76. The number of rotatable bonds is 3. The average Bonchev–Trinajstić information content (AvgIpc) is 2.26. The minimum atomic E-state index is -4.40. The topological polar surface area (TPSA) is 37.3 Å². The van der Waals surface area contributed by atoms with Gasteiger partial charge in [0, 0.05) is 11.9 Å². The van der Waals surface area contributed by atoms with Crippen molar-refractivity contribution < 1.29 is 13.2 Å². The first-order valence-electron chi connectivity index (χ1n) is 5.88. The number of hydrogen-bond acceptors (Lipinski definition) is 2. The van der Waals surface area contributed by atoms with Crippen molar-refractivity contribution in [3.8, 4) is 0 Å². The molecule has 1 aromatic heterocycles. The Balaban J connectivity index is 3.07. The van der Waals surface area contributed by atoms with Crippen molar-refractivity contribution in [2.75, 3.05) is 5.32 Å². The van der Waals surface area contributed by atoms with Crippen LogP contribution < -0.4 is 5.32 Å². The van der Waals surface area contributed by atoms with Crippen molar-refractivity contribution in [1.29, 1.82) is 0 Å². The molecule has 0 saturated carbocycles. The van der Waals surface area contributed by atoms with Crippen LogP contribution >= 0.6 is 0 Å². The molecule has 108 valence electrons. The molecular formula is C14H16F3N3. The van der Waals surface area contributed by atoms with Gasteiger partial charge in [-0.1, -0.05) is 12.2 Å². The Hall–Kier alpha value is -2.11. The smallest absolute Gasteiger partial charge is 0.325 e. The molecule has 0 saturated heterocycles. The molecule has 0 bridgehead atoms. The molecule has 0 aliphatic heterocycles. The van der Waals surface area contributed by atoms with Crippen molar-refractivity contribution in [2.24, 2.45) is 4.99 Å². The highest BCUT2D eigenvalue weighted by molar-refractivity contribution is 6.04. The lowest BCUT2D eigenvalue weighted by atomic mass is 10.2. The van der Waals surface area contributed by atoms with Crippen LogP contribution in [0.4, 0.5) is 19.0 Å². The number of anilines is 1. The molecule has 1 rings (SSSR count). The number of allylic oxidation sites excluding steroid dienone is 2. The first kappa shape index (κ1) is 15.9. The molecule has 0 amide bonds. The van der Waals surface area contributed by atoms with Crippen LogP contribution in [0.5, 0.6) is 0 Å². The molecular weight excluding hydrogens is 267 g/mol. The molecule has 0 spiro atoms. The third-order valence-electron chi connectivity index (χ3n) is 2.08. The number of aliphatic imine (C=N–C) groups is 1. The van der Waals surface area contributed by atoms with E-state index in [0.29, 0.717) is 11.5 Å². The van der Waals surface area contributed by atoms with Gasteiger partial charge in [-0.2, -0.15) is 13.2 Å². The third-order valence-corrected chi connectivity index (χ3v) is 2.08. The molecule has 3 nitrogen and oxygen atoms in total. The fourth-order valence-electron chi connectivity index (χ4n) is 1.38. The Labute approximate surface area is 115 Å². The number of alkyl halides is 3. The molecule has 0 aromatic carbocycles. The number of halogens is 3. The summed E-state index contributed by atoms with van der Waals surface area (Å²) < 4.78 is 37.8. The number of amidine groups is 1. The first-order chi connectivity index (χ1) is 9.18. The van der Waals surface area contributed by atoms with E-state index >= 15 is 0 Å². The molecule has 0 fully saturated rings. The third kappa shape index (κ3) is 5.26. The van der Waals surface area contributed by atoms with E-state index in [0.717, 1.165) is 23.9 Å². The Morgan fingerprint density at radius 1 is 1.35 bits per heavy atom. The number of pyridine rings is 1. The highest BCUT2D eigenvalue weighted by Gasteiger charge is 2.30. The maximum atomic E-state index is 12.6. The molecule has 20 heavy (non-hydrogen) atoms. The quantitative estimate of drug-likeness (QED) is 0.659. The highest BCUT2D eigenvalue weighted by Crippen LogP contribution is 2.29. The largest absolute Gasteiger partial charge is 0.416 e. The van der Waals surface area contributed by atoms with Gasteiger partial charge in [-0.3, -0.25) is 0 Å². The summed E-state index contributed by atoms with van der Waals surface area (Å²) in [5.41, 5.74) is 0.725. The van der Waals surface area contributed by atoms with Gasteiger partial charge in [0.15, 0.2) is 0 Å². The van der Waals surface area contributed by atoms with Gasteiger partial charge in [0.2, 0.25) is 0 Å². The molecule has 1 heterocycles. The number of nitrogens with one attached hydrogen (secondary N) is 1. The lowest BCUT2D eigenvalue weighted by Crippen LogP contribution is -2.13. The van der Waals surface area contributed by atoms with E-state index in [2.05, 4.69) is 21.9 Å². The van der Waals surface area contributed by atoms with Crippen LogP contribution in [-0.2, 0) is 6.18 Å². The summed E-state index contributed by atoms with van der Waals surface area (Å²) in [6, 6.07) is 1.86. The normalized spacial score (nSPS) is 12.0. The minimum Gasteiger partial charge on any atom is -0.325 e. The van der Waals surface area contributed by atoms with Crippen LogP contribution in [0, 0.1) is 0 Å². The van der Waals surface area contributed by atoms with E-state index in [9.17, 15) is 13.2 Å². The summed E-state index contributed by atoms with van der Waals surface area (Å²) in [4.78, 5) is 7.97. The number of aromatic nitrogens is 1. The Kier molecular flexibility index (Phi) is 5.07. The maximum absolute atomic E-state index is 12.6. The minimum absolute atomic E-state index is 0.0809. The predicted molar refractivity (Wildman–Crippen MR) is 74.5 cm³/mol. The second-order valence-electron chi connectivity index (χ2n) is 4.51. The molecule has 1 aromatic rings. The van der Waals surface area contributed by atoms with E-state index < -0.39 is 11.7 Å². The maximum Gasteiger partial charge on any atom is 0.416 e. The van der Waals surface area contributed by atoms with Crippen LogP contribution in [0.25, 0.3) is 0 Å². The zero-order valence-electron chi connectivity index (χ0n) is 11.5. The molecule has 6 heteroatoms. The van der Waals surface area contributed by atoms with E-state index in [1.807, 2.05) is 13.8 Å². The molecule has 0 atom stereocenters. The molecule has 0 aliphatic rings. The van der Waals surface area contributed by atoms with Crippen molar-refractivity contribution >= 4 is 11.7 Å². The number of nitrogens with zero attached hydrogens (tertiary/aromatic N) is 2. The van der Waals surface area contributed by atoms with E-state index in [4.69, 9.17) is 0 Å². The van der Waals surface area contributed by atoms with Gasteiger partial charge in [-0.15, -0.1) is 0 Å². The Morgan fingerprint density at radius 2 is 2.00 bits per heavy atom. The molecule has 1 N–H and O–H groups in total. The van der Waals surface area contributed by atoms with Gasteiger partial charge < -0.3 is 5.32 Å². The Bertz CT molecular complexity index is 553. The summed E-state index contributed by atoms with van der Waals surface area (Å²) in [5.74, 6) is 0.474. The van der Waals surface area contributed by atoms with Crippen LogP contribution in [0.2, 0.25) is 0 Å².